The number of aliphatic hydroxyl groups excluding tert-OH is 2. The van der Waals surface area contributed by atoms with Crippen molar-refractivity contribution in [3.63, 3.8) is 0 Å². The van der Waals surface area contributed by atoms with Crippen molar-refractivity contribution in [2.75, 3.05) is 75.6 Å². The monoisotopic (exact) mass is 1370 g/mol. The van der Waals surface area contributed by atoms with Crippen molar-refractivity contribution in [2.45, 2.75) is 194 Å². The van der Waals surface area contributed by atoms with Gasteiger partial charge in [0, 0.05) is 90.1 Å². The molecule has 3 aromatic rings. The zero-order valence-corrected chi connectivity index (χ0v) is 59.2. The van der Waals surface area contributed by atoms with Crippen LogP contribution in [-0.2, 0) is 47.7 Å². The molecule has 1 unspecified atom stereocenters. The van der Waals surface area contributed by atoms with Crippen molar-refractivity contribution >= 4 is 80.5 Å². The van der Waals surface area contributed by atoms with Crippen LogP contribution in [0, 0.1) is 49.4 Å². The molecule has 526 valence electrons. The van der Waals surface area contributed by atoms with Crippen LogP contribution in [0.5, 0.6) is 0 Å². The average molecular weight is 1370 g/mol. The fraction of sp³-hybridized carbons (Fsp3) is 0.625. The highest BCUT2D eigenvalue weighted by Crippen LogP contribution is 2.39. The van der Waals surface area contributed by atoms with Crippen molar-refractivity contribution < 1.29 is 67.8 Å². The molecule has 4 aliphatic heterocycles. The minimum atomic E-state index is -2.52. The number of methoxy groups -OCH3 is 2. The van der Waals surface area contributed by atoms with Crippen molar-refractivity contribution in [3.8, 4) is 0 Å². The van der Waals surface area contributed by atoms with Crippen LogP contribution in [0.4, 0.5) is 22.5 Å². The molecule has 22 nitrogen and oxygen atoms in total. The van der Waals surface area contributed by atoms with Gasteiger partial charge in [0.15, 0.2) is 10.9 Å². The number of para-hydroxylation sites is 1. The maximum absolute atomic E-state index is 14.7. The Balaban J connectivity index is 0.976. The number of aryl methyl sites for hydroxylation is 2. The number of Topliss-reactive ketones (excluding diaryl/α,β-unsaturated/α-hetero) is 3. The molecule has 2 amide bonds. The number of fused-ring (bicyclic) bond motifs is 3. The summed E-state index contributed by atoms with van der Waals surface area (Å²) in [5, 5.41) is 41.8. The first-order valence-corrected chi connectivity index (χ1v) is 35.3. The van der Waals surface area contributed by atoms with Gasteiger partial charge in [-0.3, -0.25) is 28.9 Å². The zero-order chi connectivity index (χ0) is 69.5. The Morgan fingerprint density at radius 3 is 2.38 bits per heavy atom. The number of aromatic nitrogens is 3. The molecule has 0 radical (unpaired) electrons. The normalized spacial score (nSPS) is 32.2. The third-order valence-corrected chi connectivity index (χ3v) is 21.1. The number of piperazine rings is 1. The Bertz CT molecular complexity index is 3300. The molecule has 96 heavy (non-hydrogen) atoms. The van der Waals surface area contributed by atoms with E-state index in [1.807, 2.05) is 90.1 Å². The number of hydrogen-bond acceptors (Lipinski definition) is 21. The number of hydrogen-bond donors (Lipinski definition) is 5. The molecule has 15 atom stereocenters. The number of allylic oxidation sites excluding steroid dienone is 6. The van der Waals surface area contributed by atoms with E-state index in [2.05, 4.69) is 30.4 Å². The lowest BCUT2D eigenvalue weighted by Crippen LogP contribution is -2.61. The maximum Gasteiger partial charge on any atom is 0.329 e. The van der Waals surface area contributed by atoms with E-state index in [9.17, 15) is 44.1 Å². The van der Waals surface area contributed by atoms with Gasteiger partial charge in [-0.05, 0) is 132 Å². The molecule has 5 aliphatic rings. The number of anilines is 4. The van der Waals surface area contributed by atoms with E-state index >= 15 is 0 Å². The summed E-state index contributed by atoms with van der Waals surface area (Å²) >= 11 is 7.56. The van der Waals surface area contributed by atoms with Crippen LogP contribution in [0.15, 0.2) is 78.1 Å². The van der Waals surface area contributed by atoms with Gasteiger partial charge in [-0.2, -0.15) is 0 Å². The number of benzene rings is 1. The van der Waals surface area contributed by atoms with Crippen molar-refractivity contribution in [1.29, 1.82) is 0 Å². The van der Waals surface area contributed by atoms with E-state index in [4.69, 9.17) is 40.3 Å². The minimum Gasteiger partial charge on any atom is -0.460 e. The highest BCUT2D eigenvalue weighted by Gasteiger charge is 2.53. The number of halogens is 1. The largest absolute Gasteiger partial charge is 0.460 e. The van der Waals surface area contributed by atoms with Gasteiger partial charge >= 0.3 is 5.97 Å². The first-order valence-electron chi connectivity index (χ1n) is 34.1. The van der Waals surface area contributed by atoms with E-state index in [0.29, 0.717) is 135 Å². The van der Waals surface area contributed by atoms with Gasteiger partial charge in [-0.15, -0.1) is 0 Å². The lowest BCUT2D eigenvalue weighted by Gasteiger charge is -2.43. The molecule has 8 rings (SSSR count). The van der Waals surface area contributed by atoms with Crippen molar-refractivity contribution in [2.24, 2.45) is 35.5 Å². The van der Waals surface area contributed by atoms with Crippen LogP contribution in [0.2, 0.25) is 5.02 Å². The Kier molecular flexibility index (Phi) is 27.6. The highest BCUT2D eigenvalue weighted by atomic mass is 35.5. The van der Waals surface area contributed by atoms with Gasteiger partial charge in [-0.25, -0.2) is 19.7 Å². The molecular weight excluding hydrogens is 1270 g/mol. The number of cyclic esters (lactones) is 1. The molecule has 4 fully saturated rings. The molecule has 3 saturated heterocycles. The summed E-state index contributed by atoms with van der Waals surface area (Å²) in [6.45, 7) is 20.1. The number of ketones is 3. The predicted octanol–water partition coefficient (Wildman–Crippen LogP) is 9.89. The van der Waals surface area contributed by atoms with Gasteiger partial charge in [0.2, 0.25) is 5.79 Å². The smallest absolute Gasteiger partial charge is 0.329 e. The fourth-order valence-electron chi connectivity index (χ4n) is 13.8. The number of rotatable bonds is 14. The Hall–Kier alpha value is -6.12. The number of carbonyl (C=O) groups is 6. The van der Waals surface area contributed by atoms with E-state index in [1.165, 1.54) is 29.5 Å². The number of nitrogens with zero attached hydrogens (tertiary/aromatic N) is 6. The number of aliphatic hydroxyl groups is 3. The Morgan fingerprint density at radius 2 is 1.65 bits per heavy atom. The maximum atomic E-state index is 14.7. The van der Waals surface area contributed by atoms with Crippen LogP contribution in [-0.4, -0.2) is 190 Å². The summed E-state index contributed by atoms with van der Waals surface area (Å²) in [5.41, 5.74) is 2.61. The second-order valence-electron chi connectivity index (χ2n) is 27.3. The summed E-state index contributed by atoms with van der Waals surface area (Å²) in [6, 6.07) is 6.10. The number of carbonyl (C=O) groups excluding carboxylic acids is 6. The van der Waals surface area contributed by atoms with Crippen molar-refractivity contribution in [1.82, 2.24) is 24.8 Å². The number of amides is 2. The van der Waals surface area contributed by atoms with Gasteiger partial charge in [0.25, 0.3) is 17.6 Å². The Morgan fingerprint density at radius 1 is 0.885 bits per heavy atom. The van der Waals surface area contributed by atoms with Crippen LogP contribution < -0.4 is 15.5 Å². The first-order chi connectivity index (χ1) is 45.8. The summed E-state index contributed by atoms with van der Waals surface area (Å²) in [5.74, 6) is -6.93. The van der Waals surface area contributed by atoms with Crippen molar-refractivity contribution in [3.05, 3.63) is 99.4 Å². The lowest BCUT2D eigenvalue weighted by atomic mass is 9.78. The molecule has 2 aromatic heterocycles. The lowest BCUT2D eigenvalue weighted by molar-refractivity contribution is -0.266. The number of nitrogens with one attached hydrogen (secondary N) is 2. The number of esters is 1. The van der Waals surface area contributed by atoms with Crippen LogP contribution >= 0.6 is 22.9 Å². The SMILES string of the molecule is CO[C@@H]1C[C@@H](CC(C)[C@@H]2CC(=O)[C@H](C)/C=C(\C)[C@@H](O)[C@@H](OC)C(=O)[C@H](C)C[C@H](C)/C=C/C=C/C=C(/C)[C@@H](OCCN3CCN(c4cc(Nc5ncc(C(=O)Nc6c(C)cccc6Cl)s5)nc(C)n4)CC3)C[C@@H]3CC[C@@H](C)[C@@](O)(O3)C(=O)C(=O)N3CCCC[C@H]3C(=O)O2)CC[C@H]1O. The minimum absolute atomic E-state index is 0.0387. The molecule has 0 spiro atoms. The van der Waals surface area contributed by atoms with E-state index in [-0.39, 0.29) is 67.1 Å². The van der Waals surface area contributed by atoms with E-state index < -0.39 is 83.9 Å². The standard InChI is InChI=1S/C72H101ClN8O14S/c1-42-18-13-12-14-19-43(2)57(93-33-32-79-28-30-80(31-29-79)62-40-61(75-50(9)76-62)77-71-74-41-60(96-71)68(87)78-63-44(3)20-17-21-53(63)73)38-52-25-23-49(8)72(90,95-52)67(86)69(88)81-27-16-15-22-54(81)70(89)94-58(46(5)36-51-24-26-55(82)59(37-51)91-10)39-56(83)45(4)35-48(7)65(85)66(92-11)64(84)47(6)34-42/h12-14,17-21,35,40-42,45-47,49,51-52,54-55,57-59,65-66,82,85,90H,15-16,22-34,36-39H2,1-11H3,(H,78,87)(H,74,75,76,77)/b14-12+,18-13+,43-19-,48-35+/t42-,45-,46?,47-,49-,51-,52+,54+,55-,57+,58+,59-,65-,66+,72-/m1/s1. The second-order valence-corrected chi connectivity index (χ2v) is 28.7. The second kappa shape index (κ2) is 35.1. The molecule has 1 aliphatic carbocycles. The van der Waals surface area contributed by atoms with Crippen LogP contribution in [0.25, 0.3) is 0 Å². The van der Waals surface area contributed by atoms with Gasteiger partial charge in [0.1, 0.15) is 52.5 Å². The summed E-state index contributed by atoms with van der Waals surface area (Å²) in [4.78, 5) is 106. The van der Waals surface area contributed by atoms with Crippen LogP contribution in [0.1, 0.15) is 147 Å². The summed E-state index contributed by atoms with van der Waals surface area (Å²) in [6.07, 6.45) is 11.9. The third-order valence-electron chi connectivity index (χ3n) is 19.9. The van der Waals surface area contributed by atoms with E-state index in [0.717, 1.165) is 17.0 Å². The van der Waals surface area contributed by atoms with E-state index in [1.54, 1.807) is 40.0 Å². The quantitative estimate of drug-likeness (QED) is 0.0570. The summed E-state index contributed by atoms with van der Waals surface area (Å²) < 4.78 is 30.8. The first kappa shape index (κ1) is 75.6. The molecular formula is C72H101ClN8O14S. The van der Waals surface area contributed by atoms with Gasteiger partial charge in [0.05, 0.1) is 47.9 Å². The Labute approximate surface area is 574 Å². The average Bonchev–Trinajstić information content (AvgIpc) is 0.893. The number of piperidine rings is 1. The molecule has 6 heterocycles. The summed E-state index contributed by atoms with van der Waals surface area (Å²) in [7, 11) is 2.94. The molecule has 24 heteroatoms. The zero-order valence-electron chi connectivity index (χ0n) is 57.7. The third kappa shape index (κ3) is 19.8. The predicted molar refractivity (Wildman–Crippen MR) is 369 cm³/mol. The number of thiazole rings is 1. The molecule has 5 N–H and O–H groups in total. The topological polar surface area (TPSA) is 282 Å². The number of ether oxygens (including phenoxy) is 5. The molecule has 1 saturated carbocycles. The van der Waals surface area contributed by atoms with Crippen LogP contribution in [0.3, 0.4) is 0 Å². The molecule has 2 bridgehead atoms. The molecule has 1 aromatic carbocycles. The van der Waals surface area contributed by atoms with Gasteiger partial charge in [-0.1, -0.05) is 106 Å². The van der Waals surface area contributed by atoms with Gasteiger partial charge < -0.3 is 59.4 Å². The highest BCUT2D eigenvalue weighted by molar-refractivity contribution is 7.17. The fourth-order valence-corrected chi connectivity index (χ4v) is 14.8.